The van der Waals surface area contributed by atoms with E-state index in [9.17, 15) is 13.2 Å². The highest BCUT2D eigenvalue weighted by Crippen LogP contribution is 2.36. The fourth-order valence-corrected chi connectivity index (χ4v) is 2.20. The number of nitrogens with zero attached hydrogens (tertiary/aromatic N) is 1. The average molecular weight is 345 g/mol. The summed E-state index contributed by atoms with van der Waals surface area (Å²) >= 11 is 2.92. The van der Waals surface area contributed by atoms with E-state index in [1.807, 2.05) is 13.0 Å². The molecule has 2 rings (SSSR count). The highest BCUT2D eigenvalue weighted by Gasteiger charge is 2.33. The van der Waals surface area contributed by atoms with Crippen molar-refractivity contribution in [3.05, 3.63) is 57.8 Å². The predicted molar refractivity (Wildman–Crippen MR) is 75.4 cm³/mol. The minimum Gasteiger partial charge on any atom is -0.381 e. The summed E-state index contributed by atoms with van der Waals surface area (Å²) in [6, 6.07) is 5.95. The molecule has 0 fully saturated rings. The number of pyridine rings is 1. The van der Waals surface area contributed by atoms with Crippen molar-refractivity contribution < 1.29 is 13.2 Å². The lowest BCUT2D eigenvalue weighted by Crippen LogP contribution is -2.08. The van der Waals surface area contributed by atoms with Crippen molar-refractivity contribution in [3.8, 4) is 0 Å². The molecule has 0 bridgehead atoms. The summed E-state index contributed by atoms with van der Waals surface area (Å²) in [5.41, 5.74) is 1.72. The number of hydrogen-bond acceptors (Lipinski definition) is 2. The second-order valence-corrected chi connectivity index (χ2v) is 5.20. The summed E-state index contributed by atoms with van der Waals surface area (Å²) in [6.45, 7) is 2.36. The third-order valence-electron chi connectivity index (χ3n) is 2.90. The Bertz CT molecular complexity index is 612. The molecule has 1 N–H and O–H groups in total. The molecular weight excluding hydrogens is 333 g/mol. The molecule has 0 amide bonds. The van der Waals surface area contributed by atoms with Gasteiger partial charge in [0.05, 0.1) is 5.56 Å². The minimum atomic E-state index is -4.37. The predicted octanol–water partition coefficient (Wildman–Crippen LogP) is 4.78. The average Bonchev–Trinajstić information content (AvgIpc) is 2.38. The van der Waals surface area contributed by atoms with Gasteiger partial charge in [-0.2, -0.15) is 13.2 Å². The van der Waals surface area contributed by atoms with Crippen molar-refractivity contribution >= 4 is 21.6 Å². The number of aryl methyl sites for hydroxylation is 1. The van der Waals surface area contributed by atoms with Crippen molar-refractivity contribution in [1.82, 2.24) is 4.98 Å². The van der Waals surface area contributed by atoms with Crippen molar-refractivity contribution in [1.29, 1.82) is 0 Å². The van der Waals surface area contributed by atoms with Gasteiger partial charge in [0.25, 0.3) is 0 Å². The van der Waals surface area contributed by atoms with Crippen molar-refractivity contribution in [2.24, 2.45) is 0 Å². The SMILES string of the molecule is Cc1ccncc1CNc1ccc(Br)c(C(F)(F)F)c1. The molecule has 1 aromatic carbocycles. The largest absolute Gasteiger partial charge is 0.417 e. The molecule has 1 aromatic heterocycles. The Hall–Kier alpha value is -1.56. The molecule has 0 saturated heterocycles. The van der Waals surface area contributed by atoms with E-state index in [1.165, 1.54) is 6.07 Å². The molecule has 1 heterocycles. The van der Waals surface area contributed by atoms with Gasteiger partial charge in [0.2, 0.25) is 0 Å². The quantitative estimate of drug-likeness (QED) is 0.866. The lowest BCUT2D eigenvalue weighted by molar-refractivity contribution is -0.138. The first-order valence-corrected chi connectivity index (χ1v) is 6.67. The van der Waals surface area contributed by atoms with Gasteiger partial charge in [-0.15, -0.1) is 0 Å². The first kappa shape index (κ1) is 14.8. The normalized spacial score (nSPS) is 11.4. The van der Waals surface area contributed by atoms with Crippen LogP contribution in [0.2, 0.25) is 0 Å². The molecule has 0 spiro atoms. The number of rotatable bonds is 3. The molecule has 20 heavy (non-hydrogen) atoms. The summed E-state index contributed by atoms with van der Waals surface area (Å²) in [5.74, 6) is 0. The van der Waals surface area contributed by atoms with Crippen LogP contribution in [-0.2, 0) is 12.7 Å². The lowest BCUT2D eigenvalue weighted by atomic mass is 10.1. The van der Waals surface area contributed by atoms with E-state index in [-0.39, 0.29) is 4.47 Å². The van der Waals surface area contributed by atoms with Gasteiger partial charge in [0, 0.05) is 29.1 Å². The molecule has 0 saturated carbocycles. The standard InChI is InChI=1S/C14H12BrF3N2/c1-9-4-5-19-7-10(9)8-20-11-2-3-13(15)12(6-11)14(16,17)18/h2-7,20H,8H2,1H3. The van der Waals surface area contributed by atoms with Gasteiger partial charge in [0.1, 0.15) is 0 Å². The molecule has 2 nitrogen and oxygen atoms in total. The second kappa shape index (κ2) is 5.83. The van der Waals surface area contributed by atoms with Crippen LogP contribution in [-0.4, -0.2) is 4.98 Å². The summed E-state index contributed by atoms with van der Waals surface area (Å²) in [5, 5.41) is 2.98. The van der Waals surface area contributed by atoms with Crippen LogP contribution in [0.25, 0.3) is 0 Å². The molecule has 0 atom stereocenters. The third-order valence-corrected chi connectivity index (χ3v) is 3.59. The van der Waals surface area contributed by atoms with Crippen LogP contribution in [0.15, 0.2) is 41.1 Å². The maximum Gasteiger partial charge on any atom is 0.417 e. The minimum absolute atomic E-state index is 0.0353. The van der Waals surface area contributed by atoms with E-state index in [2.05, 4.69) is 26.2 Å². The monoisotopic (exact) mass is 344 g/mol. The van der Waals surface area contributed by atoms with E-state index in [4.69, 9.17) is 0 Å². The molecule has 0 aliphatic heterocycles. The van der Waals surface area contributed by atoms with Gasteiger partial charge in [-0.3, -0.25) is 4.98 Å². The maximum atomic E-state index is 12.8. The zero-order chi connectivity index (χ0) is 14.8. The number of alkyl halides is 3. The number of benzene rings is 1. The first-order chi connectivity index (χ1) is 9.38. The molecule has 0 aliphatic rings. The van der Waals surface area contributed by atoms with E-state index in [1.54, 1.807) is 18.5 Å². The van der Waals surface area contributed by atoms with Crippen LogP contribution >= 0.6 is 15.9 Å². The van der Waals surface area contributed by atoms with E-state index < -0.39 is 11.7 Å². The smallest absolute Gasteiger partial charge is 0.381 e. The topological polar surface area (TPSA) is 24.9 Å². The Kier molecular flexibility index (Phi) is 4.32. The van der Waals surface area contributed by atoms with E-state index in [0.29, 0.717) is 12.2 Å². The Morgan fingerprint density at radius 1 is 1.25 bits per heavy atom. The fourth-order valence-electron chi connectivity index (χ4n) is 1.73. The van der Waals surface area contributed by atoms with Gasteiger partial charge >= 0.3 is 6.18 Å². The molecular formula is C14H12BrF3N2. The molecule has 106 valence electrons. The molecule has 0 aliphatic carbocycles. The van der Waals surface area contributed by atoms with E-state index in [0.717, 1.165) is 17.2 Å². The molecule has 0 radical (unpaired) electrons. The number of aromatic nitrogens is 1. The second-order valence-electron chi connectivity index (χ2n) is 4.35. The van der Waals surface area contributed by atoms with Crippen LogP contribution < -0.4 is 5.32 Å². The summed E-state index contributed by atoms with van der Waals surface area (Å²) in [7, 11) is 0. The van der Waals surface area contributed by atoms with Crippen LogP contribution in [0.4, 0.5) is 18.9 Å². The summed E-state index contributed by atoms with van der Waals surface area (Å²) < 4.78 is 38.4. The Balaban J connectivity index is 2.17. The molecule has 2 aromatic rings. The number of halogens is 4. The van der Waals surface area contributed by atoms with Crippen LogP contribution in [0.3, 0.4) is 0 Å². The van der Waals surface area contributed by atoms with Gasteiger partial charge < -0.3 is 5.32 Å². The van der Waals surface area contributed by atoms with Gasteiger partial charge in [-0.1, -0.05) is 15.9 Å². The van der Waals surface area contributed by atoms with Gasteiger partial charge in [0.15, 0.2) is 0 Å². The fraction of sp³-hybridized carbons (Fsp3) is 0.214. The van der Waals surface area contributed by atoms with Crippen LogP contribution in [0, 0.1) is 6.92 Å². The lowest BCUT2D eigenvalue weighted by Gasteiger charge is -2.13. The highest BCUT2D eigenvalue weighted by molar-refractivity contribution is 9.10. The maximum absolute atomic E-state index is 12.8. The Morgan fingerprint density at radius 3 is 2.65 bits per heavy atom. The zero-order valence-electron chi connectivity index (χ0n) is 10.6. The Labute approximate surface area is 123 Å². The first-order valence-electron chi connectivity index (χ1n) is 5.88. The van der Waals surface area contributed by atoms with Crippen molar-refractivity contribution in [2.75, 3.05) is 5.32 Å². The third kappa shape index (κ3) is 3.50. The Morgan fingerprint density at radius 2 is 2.00 bits per heavy atom. The van der Waals surface area contributed by atoms with Gasteiger partial charge in [-0.05, 0) is 42.3 Å². The number of hydrogen-bond donors (Lipinski definition) is 1. The highest BCUT2D eigenvalue weighted by atomic mass is 79.9. The summed E-state index contributed by atoms with van der Waals surface area (Å²) in [4.78, 5) is 4.00. The number of nitrogens with one attached hydrogen (secondary N) is 1. The van der Waals surface area contributed by atoms with E-state index >= 15 is 0 Å². The zero-order valence-corrected chi connectivity index (χ0v) is 12.2. The van der Waals surface area contributed by atoms with Gasteiger partial charge in [-0.25, -0.2) is 0 Å². The van der Waals surface area contributed by atoms with Crippen LogP contribution in [0.1, 0.15) is 16.7 Å². The van der Waals surface area contributed by atoms with Crippen molar-refractivity contribution in [3.63, 3.8) is 0 Å². The molecule has 6 heteroatoms. The summed E-state index contributed by atoms with van der Waals surface area (Å²) in [6.07, 6.45) is -0.993. The van der Waals surface area contributed by atoms with Crippen molar-refractivity contribution in [2.45, 2.75) is 19.6 Å². The molecule has 0 unspecified atom stereocenters. The van der Waals surface area contributed by atoms with Crippen LogP contribution in [0.5, 0.6) is 0 Å². The number of anilines is 1.